The summed E-state index contributed by atoms with van der Waals surface area (Å²) in [4.78, 5) is 20.7. The van der Waals surface area contributed by atoms with E-state index in [9.17, 15) is 14.9 Å². The number of amides is 2. The van der Waals surface area contributed by atoms with Crippen LogP contribution in [0.2, 0.25) is 0 Å². The molecule has 0 unspecified atom stereocenters. The van der Waals surface area contributed by atoms with Crippen LogP contribution in [0.3, 0.4) is 0 Å². The number of nitrogens with zero attached hydrogens (tertiary/aromatic N) is 2. The summed E-state index contributed by atoms with van der Waals surface area (Å²) in [6, 6.07) is 1.76. The van der Waals surface area contributed by atoms with Gasteiger partial charge in [-0.2, -0.15) is 5.10 Å². The molecule has 0 saturated carbocycles. The first-order chi connectivity index (χ1) is 8.58. The maximum Gasteiger partial charge on any atom is 0.332 e. The molecule has 1 heterocycles. The van der Waals surface area contributed by atoms with Gasteiger partial charge in [0.2, 0.25) is 6.79 Å². The summed E-state index contributed by atoms with van der Waals surface area (Å²) in [7, 11) is 0. The van der Waals surface area contributed by atoms with Crippen molar-refractivity contribution in [2.24, 2.45) is 10.8 Å². The van der Waals surface area contributed by atoms with Gasteiger partial charge in [0.25, 0.3) is 5.69 Å². The molecule has 0 bridgehead atoms. The van der Waals surface area contributed by atoms with Crippen LogP contribution >= 0.6 is 0 Å². The van der Waals surface area contributed by atoms with E-state index in [1.54, 1.807) is 0 Å². The zero-order chi connectivity index (χ0) is 13.1. The predicted octanol–water partition coefficient (Wildman–Crippen LogP) is 0.326. The molecule has 0 atom stereocenters. The largest absolute Gasteiger partial charge is 0.454 e. The Morgan fingerprint density at radius 3 is 2.78 bits per heavy atom. The van der Waals surface area contributed by atoms with E-state index < -0.39 is 11.0 Å². The Kier molecular flexibility index (Phi) is 2.96. The number of nitro groups is 1. The summed E-state index contributed by atoms with van der Waals surface area (Å²) in [5.41, 5.74) is 6.69. The first-order valence-electron chi connectivity index (χ1n) is 4.74. The fourth-order valence-electron chi connectivity index (χ4n) is 1.37. The number of nitrogens with two attached hydrogens (primary N) is 1. The van der Waals surface area contributed by atoms with E-state index in [2.05, 4.69) is 5.10 Å². The van der Waals surface area contributed by atoms with Crippen molar-refractivity contribution in [3.63, 3.8) is 0 Å². The maximum atomic E-state index is 10.9. The first-order valence-corrected chi connectivity index (χ1v) is 4.74. The van der Waals surface area contributed by atoms with Gasteiger partial charge in [-0.15, -0.1) is 0 Å². The SMILES string of the molecule is NC(=O)NN=Cc1cc2c(cc1[N+](=O)[O-])OCO2. The second-order valence-electron chi connectivity index (χ2n) is 3.26. The Labute approximate surface area is 100 Å². The van der Waals surface area contributed by atoms with Gasteiger partial charge in [0.15, 0.2) is 11.5 Å². The maximum absolute atomic E-state index is 10.9. The summed E-state index contributed by atoms with van der Waals surface area (Å²) in [6.45, 7) is 0.00657. The van der Waals surface area contributed by atoms with Gasteiger partial charge in [-0.25, -0.2) is 10.2 Å². The number of hydrazone groups is 1. The van der Waals surface area contributed by atoms with Crippen molar-refractivity contribution in [2.75, 3.05) is 6.79 Å². The Morgan fingerprint density at radius 2 is 2.17 bits per heavy atom. The number of urea groups is 1. The molecule has 2 rings (SSSR count). The molecule has 0 saturated heterocycles. The van der Waals surface area contributed by atoms with Crippen LogP contribution in [-0.2, 0) is 0 Å². The van der Waals surface area contributed by atoms with Gasteiger partial charge in [0, 0.05) is 0 Å². The Bertz CT molecular complexity index is 542. The fourth-order valence-corrected chi connectivity index (χ4v) is 1.37. The normalized spacial score (nSPS) is 12.7. The summed E-state index contributed by atoms with van der Waals surface area (Å²) in [5.74, 6) is 0.669. The standard InChI is InChI=1S/C9H8N4O5/c10-9(14)12-11-3-5-1-7-8(18-4-17-7)2-6(5)13(15)16/h1-3H,4H2,(H3,10,12,14). The summed E-state index contributed by atoms with van der Waals surface area (Å²) >= 11 is 0. The Balaban J connectivity index is 2.35. The minimum atomic E-state index is -0.866. The van der Waals surface area contributed by atoms with E-state index in [0.29, 0.717) is 11.5 Å². The molecule has 0 fully saturated rings. The highest BCUT2D eigenvalue weighted by molar-refractivity contribution is 5.87. The van der Waals surface area contributed by atoms with Crippen molar-refractivity contribution in [1.29, 1.82) is 0 Å². The second kappa shape index (κ2) is 4.57. The molecule has 0 radical (unpaired) electrons. The molecule has 9 heteroatoms. The molecule has 0 spiro atoms. The average Bonchev–Trinajstić information content (AvgIpc) is 2.74. The van der Waals surface area contributed by atoms with E-state index in [1.807, 2.05) is 5.43 Å². The molecule has 1 aromatic rings. The fraction of sp³-hybridized carbons (Fsp3) is 0.111. The van der Waals surface area contributed by atoms with Crippen molar-refractivity contribution in [3.8, 4) is 11.5 Å². The van der Waals surface area contributed by atoms with Crippen LogP contribution in [-0.4, -0.2) is 24.0 Å². The number of benzene rings is 1. The highest BCUT2D eigenvalue weighted by atomic mass is 16.7. The van der Waals surface area contributed by atoms with Crippen molar-refractivity contribution in [3.05, 3.63) is 27.8 Å². The third-order valence-electron chi connectivity index (χ3n) is 2.10. The summed E-state index contributed by atoms with van der Waals surface area (Å²) < 4.78 is 10.1. The lowest BCUT2D eigenvalue weighted by Gasteiger charge is -2.00. The molecule has 0 aliphatic carbocycles. The van der Waals surface area contributed by atoms with Crippen LogP contribution in [0.25, 0.3) is 0 Å². The van der Waals surface area contributed by atoms with Gasteiger partial charge in [-0.1, -0.05) is 0 Å². The minimum Gasteiger partial charge on any atom is -0.454 e. The van der Waals surface area contributed by atoms with E-state index in [1.165, 1.54) is 12.1 Å². The summed E-state index contributed by atoms with van der Waals surface area (Å²) in [5, 5.41) is 14.3. The van der Waals surface area contributed by atoms with Crippen LogP contribution in [0, 0.1) is 10.1 Å². The van der Waals surface area contributed by atoms with Crippen LogP contribution in [0.15, 0.2) is 17.2 Å². The van der Waals surface area contributed by atoms with Crippen LogP contribution < -0.4 is 20.6 Å². The van der Waals surface area contributed by atoms with Crippen molar-refractivity contribution >= 4 is 17.9 Å². The average molecular weight is 252 g/mol. The zero-order valence-electron chi connectivity index (χ0n) is 8.95. The van der Waals surface area contributed by atoms with Gasteiger partial charge in [-0.05, 0) is 6.07 Å². The molecule has 0 aromatic heterocycles. The van der Waals surface area contributed by atoms with E-state index >= 15 is 0 Å². The van der Waals surface area contributed by atoms with Gasteiger partial charge in [-0.3, -0.25) is 10.1 Å². The molecule has 18 heavy (non-hydrogen) atoms. The molecule has 3 N–H and O–H groups in total. The molecule has 2 amide bonds. The van der Waals surface area contributed by atoms with Gasteiger partial charge in [0.05, 0.1) is 22.8 Å². The van der Waals surface area contributed by atoms with Crippen LogP contribution in [0.5, 0.6) is 11.5 Å². The van der Waals surface area contributed by atoms with Gasteiger partial charge >= 0.3 is 6.03 Å². The number of rotatable bonds is 3. The number of ether oxygens (including phenoxy) is 2. The smallest absolute Gasteiger partial charge is 0.332 e. The number of fused-ring (bicyclic) bond motifs is 1. The Morgan fingerprint density at radius 1 is 1.50 bits per heavy atom. The highest BCUT2D eigenvalue weighted by Gasteiger charge is 2.22. The molecule has 1 aliphatic rings. The Hall–Kier alpha value is -2.84. The lowest BCUT2D eigenvalue weighted by atomic mass is 10.1. The lowest BCUT2D eigenvalue weighted by Crippen LogP contribution is -2.24. The topological polar surface area (TPSA) is 129 Å². The molecule has 1 aromatic carbocycles. The number of carbonyl (C=O) groups is 1. The third-order valence-corrected chi connectivity index (χ3v) is 2.10. The first kappa shape index (κ1) is 11.6. The van der Waals surface area contributed by atoms with E-state index in [0.717, 1.165) is 6.21 Å². The van der Waals surface area contributed by atoms with E-state index in [-0.39, 0.29) is 18.0 Å². The van der Waals surface area contributed by atoms with Crippen molar-refractivity contribution in [2.45, 2.75) is 0 Å². The van der Waals surface area contributed by atoms with Gasteiger partial charge in [0.1, 0.15) is 0 Å². The number of hydrogen-bond acceptors (Lipinski definition) is 6. The molecule has 94 valence electrons. The number of hydrogen-bond donors (Lipinski definition) is 2. The predicted molar refractivity (Wildman–Crippen MR) is 59.5 cm³/mol. The number of carbonyl (C=O) groups excluding carboxylic acids is 1. The van der Waals surface area contributed by atoms with E-state index in [4.69, 9.17) is 15.2 Å². The molecular weight excluding hydrogens is 244 g/mol. The number of nitro benzene ring substituents is 1. The number of nitrogens with one attached hydrogen (secondary N) is 1. The summed E-state index contributed by atoms with van der Waals surface area (Å²) in [6.07, 6.45) is 1.10. The monoisotopic (exact) mass is 252 g/mol. The second-order valence-corrected chi connectivity index (χ2v) is 3.26. The van der Waals surface area contributed by atoms with Crippen LogP contribution in [0.4, 0.5) is 10.5 Å². The van der Waals surface area contributed by atoms with Crippen molar-refractivity contribution in [1.82, 2.24) is 5.43 Å². The molecule has 9 nitrogen and oxygen atoms in total. The molecule has 1 aliphatic heterocycles. The third kappa shape index (κ3) is 2.29. The minimum absolute atomic E-state index is 0.00657. The van der Waals surface area contributed by atoms with Gasteiger partial charge < -0.3 is 15.2 Å². The van der Waals surface area contributed by atoms with Crippen molar-refractivity contribution < 1.29 is 19.2 Å². The lowest BCUT2D eigenvalue weighted by molar-refractivity contribution is -0.385. The van der Waals surface area contributed by atoms with Crippen LogP contribution in [0.1, 0.15) is 5.56 Å². The number of primary amides is 1. The zero-order valence-corrected chi connectivity index (χ0v) is 8.95. The molecular formula is C9H8N4O5. The quantitative estimate of drug-likeness (QED) is 0.454. The highest BCUT2D eigenvalue weighted by Crippen LogP contribution is 2.37.